The van der Waals surface area contributed by atoms with Crippen molar-refractivity contribution in [1.29, 1.82) is 0 Å². The van der Waals surface area contributed by atoms with Gasteiger partial charge in [-0.3, -0.25) is 0 Å². The van der Waals surface area contributed by atoms with Gasteiger partial charge in [0.15, 0.2) is 0 Å². The molecule has 62 valence electrons. The van der Waals surface area contributed by atoms with E-state index >= 15 is 0 Å². The molecule has 0 aliphatic carbocycles. The molecule has 0 saturated heterocycles. The van der Waals surface area contributed by atoms with E-state index in [-0.39, 0.29) is 0 Å². The zero-order valence-electron chi connectivity index (χ0n) is 6.54. The highest BCUT2D eigenvalue weighted by molar-refractivity contribution is 7.09. The first-order chi connectivity index (χ1) is 5.24. The number of aromatic nitrogens is 2. The molecule has 11 heavy (non-hydrogen) atoms. The Bertz CT molecular complexity index is 225. The maximum Gasteiger partial charge on any atom is 0.236 e. The Morgan fingerprint density at radius 1 is 1.64 bits per heavy atom. The Kier molecular flexibility index (Phi) is 3.08. The molecule has 0 bridgehead atoms. The van der Waals surface area contributed by atoms with Gasteiger partial charge in [-0.25, -0.2) is 0 Å². The van der Waals surface area contributed by atoms with Gasteiger partial charge in [0.05, 0.1) is 0 Å². The molecule has 0 fully saturated rings. The smallest absolute Gasteiger partial charge is 0.236 e. The van der Waals surface area contributed by atoms with Gasteiger partial charge in [0.1, 0.15) is 0 Å². The second kappa shape index (κ2) is 3.88. The van der Waals surface area contributed by atoms with Gasteiger partial charge in [0.25, 0.3) is 0 Å². The van der Waals surface area contributed by atoms with Crippen LogP contribution in [-0.2, 0) is 0 Å². The summed E-state index contributed by atoms with van der Waals surface area (Å²) in [4.78, 5) is 6.07. The first-order valence-corrected chi connectivity index (χ1v) is 4.59. The SMILES string of the molecule is CCCN(C)c1nc(Cl)ns1. The number of rotatable bonds is 3. The minimum absolute atomic E-state index is 0.341. The molecule has 3 nitrogen and oxygen atoms in total. The van der Waals surface area contributed by atoms with Crippen molar-refractivity contribution in [3.05, 3.63) is 5.28 Å². The zero-order chi connectivity index (χ0) is 8.27. The largest absolute Gasteiger partial charge is 0.350 e. The van der Waals surface area contributed by atoms with E-state index in [1.54, 1.807) is 0 Å². The van der Waals surface area contributed by atoms with E-state index < -0.39 is 0 Å². The first-order valence-electron chi connectivity index (χ1n) is 3.44. The number of halogens is 1. The van der Waals surface area contributed by atoms with Crippen molar-refractivity contribution in [1.82, 2.24) is 9.36 Å². The van der Waals surface area contributed by atoms with Gasteiger partial charge >= 0.3 is 0 Å². The minimum atomic E-state index is 0.341. The van der Waals surface area contributed by atoms with Gasteiger partial charge in [0, 0.05) is 25.1 Å². The average molecular weight is 192 g/mol. The number of nitrogens with zero attached hydrogens (tertiary/aromatic N) is 3. The normalized spacial score (nSPS) is 10.1. The van der Waals surface area contributed by atoms with Crippen LogP contribution in [0.3, 0.4) is 0 Å². The van der Waals surface area contributed by atoms with Crippen molar-refractivity contribution < 1.29 is 0 Å². The Morgan fingerprint density at radius 3 is 2.82 bits per heavy atom. The zero-order valence-corrected chi connectivity index (χ0v) is 8.11. The number of hydrogen-bond donors (Lipinski definition) is 0. The van der Waals surface area contributed by atoms with Crippen LogP contribution in [0.5, 0.6) is 0 Å². The average Bonchev–Trinajstić information content (AvgIpc) is 2.36. The first kappa shape index (κ1) is 8.74. The Balaban J connectivity index is 2.60. The molecular weight excluding hydrogens is 182 g/mol. The summed E-state index contributed by atoms with van der Waals surface area (Å²) in [6, 6.07) is 0. The summed E-state index contributed by atoms with van der Waals surface area (Å²) < 4.78 is 3.87. The Hall–Kier alpha value is -0.350. The third-order valence-corrected chi connectivity index (χ3v) is 2.38. The molecule has 1 aromatic heterocycles. The highest BCUT2D eigenvalue weighted by Gasteiger charge is 2.04. The monoisotopic (exact) mass is 191 g/mol. The van der Waals surface area contributed by atoms with Crippen molar-refractivity contribution in [2.24, 2.45) is 0 Å². The summed E-state index contributed by atoms with van der Waals surface area (Å²) in [5, 5.41) is 1.23. The summed E-state index contributed by atoms with van der Waals surface area (Å²) in [5.41, 5.74) is 0. The predicted molar refractivity (Wildman–Crippen MR) is 48.5 cm³/mol. The quantitative estimate of drug-likeness (QED) is 0.732. The van der Waals surface area contributed by atoms with Crippen LogP contribution in [0.2, 0.25) is 5.28 Å². The third-order valence-electron chi connectivity index (χ3n) is 1.28. The minimum Gasteiger partial charge on any atom is -0.350 e. The molecule has 0 N–H and O–H groups in total. The second-order valence-electron chi connectivity index (χ2n) is 2.27. The lowest BCUT2D eigenvalue weighted by atomic mass is 10.5. The van der Waals surface area contributed by atoms with Gasteiger partial charge < -0.3 is 4.90 Å². The van der Waals surface area contributed by atoms with E-state index in [4.69, 9.17) is 11.6 Å². The highest BCUT2D eigenvalue weighted by Crippen LogP contribution is 2.17. The van der Waals surface area contributed by atoms with Crippen LogP contribution < -0.4 is 4.90 Å². The standard InChI is InChI=1S/C6H10ClN3S/c1-3-4-10(2)6-8-5(7)9-11-6/h3-4H2,1-2H3. The number of anilines is 1. The molecule has 0 radical (unpaired) electrons. The third kappa shape index (κ3) is 2.31. The molecule has 0 atom stereocenters. The fourth-order valence-corrected chi connectivity index (χ4v) is 1.57. The molecule has 0 saturated carbocycles. The van der Waals surface area contributed by atoms with Crippen LogP contribution in [0.4, 0.5) is 5.13 Å². The van der Waals surface area contributed by atoms with E-state index in [0.717, 1.165) is 18.1 Å². The van der Waals surface area contributed by atoms with Gasteiger partial charge in [-0.1, -0.05) is 6.92 Å². The molecule has 1 heterocycles. The molecule has 0 unspecified atom stereocenters. The molecule has 5 heteroatoms. The fourth-order valence-electron chi connectivity index (χ4n) is 0.784. The summed E-state index contributed by atoms with van der Waals surface area (Å²) in [6.07, 6.45) is 1.10. The van der Waals surface area contributed by atoms with Crippen molar-refractivity contribution in [2.75, 3.05) is 18.5 Å². The molecule has 1 aromatic rings. The fraction of sp³-hybridized carbons (Fsp3) is 0.667. The topological polar surface area (TPSA) is 29.0 Å². The van der Waals surface area contributed by atoms with Crippen LogP contribution in [-0.4, -0.2) is 22.9 Å². The Labute approximate surface area is 75.2 Å². The highest BCUT2D eigenvalue weighted by atomic mass is 35.5. The summed E-state index contributed by atoms with van der Waals surface area (Å²) in [5.74, 6) is 0. The molecule has 0 amide bonds. The lowest BCUT2D eigenvalue weighted by Gasteiger charge is -2.12. The second-order valence-corrected chi connectivity index (χ2v) is 3.34. The van der Waals surface area contributed by atoms with Gasteiger partial charge in [-0.15, -0.1) is 0 Å². The van der Waals surface area contributed by atoms with E-state index in [9.17, 15) is 0 Å². The summed E-state index contributed by atoms with van der Waals surface area (Å²) in [7, 11) is 1.99. The van der Waals surface area contributed by atoms with Crippen molar-refractivity contribution in [3.8, 4) is 0 Å². The maximum atomic E-state index is 5.57. The Morgan fingerprint density at radius 2 is 2.36 bits per heavy atom. The van der Waals surface area contributed by atoms with Crippen LogP contribution in [0.25, 0.3) is 0 Å². The van der Waals surface area contributed by atoms with Crippen LogP contribution >= 0.6 is 23.1 Å². The molecular formula is C6H10ClN3S. The van der Waals surface area contributed by atoms with Crippen LogP contribution in [0, 0.1) is 0 Å². The molecule has 1 rings (SSSR count). The van der Waals surface area contributed by atoms with Crippen LogP contribution in [0.15, 0.2) is 0 Å². The van der Waals surface area contributed by atoms with Crippen LogP contribution in [0.1, 0.15) is 13.3 Å². The number of hydrogen-bond acceptors (Lipinski definition) is 4. The van der Waals surface area contributed by atoms with E-state index in [0.29, 0.717) is 5.28 Å². The molecule has 0 aliphatic rings. The van der Waals surface area contributed by atoms with E-state index in [1.165, 1.54) is 11.5 Å². The van der Waals surface area contributed by atoms with Crippen molar-refractivity contribution >= 4 is 28.3 Å². The molecule has 0 spiro atoms. The lowest BCUT2D eigenvalue weighted by Crippen LogP contribution is -2.17. The van der Waals surface area contributed by atoms with E-state index in [2.05, 4.69) is 16.3 Å². The van der Waals surface area contributed by atoms with Gasteiger partial charge in [-0.2, -0.15) is 9.36 Å². The van der Waals surface area contributed by atoms with Crippen molar-refractivity contribution in [3.63, 3.8) is 0 Å². The van der Waals surface area contributed by atoms with Crippen molar-refractivity contribution in [2.45, 2.75) is 13.3 Å². The van der Waals surface area contributed by atoms with Gasteiger partial charge in [0.2, 0.25) is 10.4 Å². The van der Waals surface area contributed by atoms with Gasteiger partial charge in [-0.05, 0) is 18.0 Å². The maximum absolute atomic E-state index is 5.57. The molecule has 0 aliphatic heterocycles. The lowest BCUT2D eigenvalue weighted by molar-refractivity contribution is 0.848. The predicted octanol–water partition coefficient (Wildman–Crippen LogP) is 2.04. The molecule has 0 aromatic carbocycles. The summed E-state index contributed by atoms with van der Waals surface area (Å²) in [6.45, 7) is 3.12. The van der Waals surface area contributed by atoms with E-state index in [1.807, 2.05) is 11.9 Å². The summed E-state index contributed by atoms with van der Waals surface area (Å²) >= 11 is 6.90.